The van der Waals surface area contributed by atoms with E-state index in [9.17, 15) is 0 Å². The second-order valence-corrected chi connectivity index (χ2v) is 6.84. The first-order chi connectivity index (χ1) is 12.1. The van der Waals surface area contributed by atoms with Gasteiger partial charge >= 0.3 is 0 Å². The van der Waals surface area contributed by atoms with E-state index in [0.29, 0.717) is 0 Å². The highest BCUT2D eigenvalue weighted by Gasteiger charge is 2.10. The van der Waals surface area contributed by atoms with Crippen LogP contribution < -0.4 is 4.74 Å². The average molecular weight is 333 g/mol. The SMILES string of the molecule is CN(C)CCCOc1ccc2c(c1)c1cc3ccncc3cc1n2C. The van der Waals surface area contributed by atoms with Gasteiger partial charge in [-0.25, -0.2) is 0 Å². The third-order valence-corrected chi connectivity index (χ3v) is 4.75. The summed E-state index contributed by atoms with van der Waals surface area (Å²) in [4.78, 5) is 6.42. The molecule has 0 aliphatic heterocycles. The summed E-state index contributed by atoms with van der Waals surface area (Å²) < 4.78 is 8.21. The number of hydrogen-bond acceptors (Lipinski definition) is 3. The van der Waals surface area contributed by atoms with Crippen LogP contribution in [0.1, 0.15) is 6.42 Å². The number of aromatic nitrogens is 2. The highest BCUT2D eigenvalue weighted by molar-refractivity contribution is 6.12. The molecule has 4 aromatic rings. The Balaban J connectivity index is 1.75. The molecule has 2 aromatic heterocycles. The summed E-state index contributed by atoms with van der Waals surface area (Å²) in [6.45, 7) is 1.78. The maximum Gasteiger partial charge on any atom is 0.120 e. The van der Waals surface area contributed by atoms with Crippen LogP contribution in [0.2, 0.25) is 0 Å². The first-order valence-electron chi connectivity index (χ1n) is 8.67. The van der Waals surface area contributed by atoms with Crippen molar-refractivity contribution in [3.05, 3.63) is 48.8 Å². The quantitative estimate of drug-likeness (QED) is 0.513. The van der Waals surface area contributed by atoms with Crippen molar-refractivity contribution >= 4 is 32.6 Å². The standard InChI is InChI=1S/C21H23N3O/c1-23(2)9-4-10-25-17-5-6-20-19(13-17)18-11-15-7-8-22-14-16(15)12-21(18)24(20)3/h5-8,11-14H,4,9-10H2,1-3H3. The molecule has 25 heavy (non-hydrogen) atoms. The predicted molar refractivity (Wildman–Crippen MR) is 104 cm³/mol. The van der Waals surface area contributed by atoms with Gasteiger partial charge < -0.3 is 14.2 Å². The van der Waals surface area contributed by atoms with Crippen LogP contribution in [-0.2, 0) is 7.05 Å². The van der Waals surface area contributed by atoms with E-state index in [0.717, 1.165) is 25.3 Å². The molecule has 0 saturated carbocycles. The number of nitrogens with zero attached hydrogens (tertiary/aromatic N) is 3. The molecule has 4 nitrogen and oxygen atoms in total. The summed E-state index contributed by atoms with van der Waals surface area (Å²) in [5, 5.41) is 4.88. The summed E-state index contributed by atoms with van der Waals surface area (Å²) in [6.07, 6.45) is 4.79. The van der Waals surface area contributed by atoms with Crippen molar-refractivity contribution in [2.75, 3.05) is 27.2 Å². The van der Waals surface area contributed by atoms with Gasteiger partial charge in [-0.15, -0.1) is 0 Å². The largest absolute Gasteiger partial charge is 0.494 e. The van der Waals surface area contributed by atoms with Crippen molar-refractivity contribution in [3.8, 4) is 5.75 Å². The third kappa shape index (κ3) is 2.94. The van der Waals surface area contributed by atoms with Crippen LogP contribution in [0.4, 0.5) is 0 Å². The van der Waals surface area contributed by atoms with Crippen LogP contribution in [0, 0.1) is 0 Å². The van der Waals surface area contributed by atoms with Gasteiger partial charge in [0.05, 0.1) is 6.61 Å². The average Bonchev–Trinajstić information content (AvgIpc) is 2.88. The van der Waals surface area contributed by atoms with Gasteiger partial charge in [-0.2, -0.15) is 0 Å². The molecule has 0 atom stereocenters. The summed E-state index contributed by atoms with van der Waals surface area (Å²) in [7, 11) is 6.29. The summed E-state index contributed by atoms with van der Waals surface area (Å²) in [5.74, 6) is 0.939. The Morgan fingerprint density at radius 2 is 1.84 bits per heavy atom. The normalized spacial score (nSPS) is 11.8. The number of aryl methyl sites for hydroxylation is 1. The van der Waals surface area contributed by atoms with E-state index in [-0.39, 0.29) is 0 Å². The molecule has 0 saturated heterocycles. The molecule has 128 valence electrons. The molecule has 0 aliphatic carbocycles. The second-order valence-electron chi connectivity index (χ2n) is 6.84. The van der Waals surface area contributed by atoms with E-state index in [2.05, 4.69) is 72.0 Å². The van der Waals surface area contributed by atoms with Crippen LogP contribution in [0.3, 0.4) is 0 Å². The molecule has 0 amide bonds. The molecule has 0 spiro atoms. The number of fused-ring (bicyclic) bond motifs is 4. The molecule has 2 aromatic carbocycles. The zero-order valence-electron chi connectivity index (χ0n) is 15.0. The molecule has 0 fully saturated rings. The lowest BCUT2D eigenvalue weighted by Crippen LogP contribution is -2.15. The van der Waals surface area contributed by atoms with Crippen LogP contribution >= 0.6 is 0 Å². The first kappa shape index (κ1) is 15.9. The van der Waals surface area contributed by atoms with Crippen LogP contribution in [0.25, 0.3) is 32.6 Å². The van der Waals surface area contributed by atoms with Gasteiger partial charge in [-0.1, -0.05) is 0 Å². The lowest BCUT2D eigenvalue weighted by Gasteiger charge is -2.10. The molecule has 0 bridgehead atoms. The monoisotopic (exact) mass is 333 g/mol. The molecule has 2 heterocycles. The summed E-state index contributed by atoms with van der Waals surface area (Å²) >= 11 is 0. The highest BCUT2D eigenvalue weighted by atomic mass is 16.5. The molecular weight excluding hydrogens is 310 g/mol. The maximum absolute atomic E-state index is 5.96. The first-order valence-corrected chi connectivity index (χ1v) is 8.67. The van der Waals surface area contributed by atoms with Gasteiger partial charge in [0.25, 0.3) is 0 Å². The Bertz CT molecular complexity index is 1050. The minimum atomic E-state index is 0.739. The van der Waals surface area contributed by atoms with Crippen molar-refractivity contribution in [3.63, 3.8) is 0 Å². The number of rotatable bonds is 5. The summed E-state index contributed by atoms with van der Waals surface area (Å²) in [5.41, 5.74) is 2.44. The van der Waals surface area contributed by atoms with Crippen LogP contribution in [0.5, 0.6) is 5.75 Å². The van der Waals surface area contributed by atoms with E-state index in [1.165, 1.54) is 32.6 Å². The Kier molecular flexibility index (Phi) is 4.06. The Labute approximate surface area is 147 Å². The van der Waals surface area contributed by atoms with E-state index in [1.54, 1.807) is 0 Å². The van der Waals surface area contributed by atoms with E-state index in [4.69, 9.17) is 4.74 Å². The molecule has 0 unspecified atom stereocenters. The van der Waals surface area contributed by atoms with Gasteiger partial charge in [0.15, 0.2) is 0 Å². The van der Waals surface area contributed by atoms with Crippen molar-refractivity contribution < 1.29 is 4.74 Å². The minimum Gasteiger partial charge on any atom is -0.494 e. The molecule has 0 N–H and O–H groups in total. The van der Waals surface area contributed by atoms with Crippen molar-refractivity contribution in [1.82, 2.24) is 14.5 Å². The predicted octanol–water partition coefficient (Wildman–Crippen LogP) is 4.21. The zero-order valence-corrected chi connectivity index (χ0v) is 15.0. The van der Waals surface area contributed by atoms with Gasteiger partial charge in [0, 0.05) is 53.2 Å². The Morgan fingerprint density at radius 3 is 2.68 bits per heavy atom. The fourth-order valence-electron chi connectivity index (χ4n) is 3.43. The van der Waals surface area contributed by atoms with Crippen LogP contribution in [-0.4, -0.2) is 41.7 Å². The van der Waals surface area contributed by atoms with E-state index < -0.39 is 0 Å². The van der Waals surface area contributed by atoms with Gasteiger partial charge in [-0.05, 0) is 62.3 Å². The zero-order chi connectivity index (χ0) is 17.4. The smallest absolute Gasteiger partial charge is 0.120 e. The van der Waals surface area contributed by atoms with Crippen molar-refractivity contribution in [2.45, 2.75) is 6.42 Å². The highest BCUT2D eigenvalue weighted by Crippen LogP contribution is 2.33. The van der Waals surface area contributed by atoms with Crippen molar-refractivity contribution in [2.24, 2.45) is 7.05 Å². The van der Waals surface area contributed by atoms with Gasteiger partial charge in [0.1, 0.15) is 5.75 Å². The van der Waals surface area contributed by atoms with Gasteiger partial charge in [0.2, 0.25) is 0 Å². The molecule has 4 rings (SSSR count). The Hall–Kier alpha value is -2.59. The van der Waals surface area contributed by atoms with E-state index >= 15 is 0 Å². The number of ether oxygens (including phenoxy) is 1. The second kappa shape index (κ2) is 6.37. The number of pyridine rings is 1. The lowest BCUT2D eigenvalue weighted by atomic mass is 10.1. The van der Waals surface area contributed by atoms with E-state index in [1.807, 2.05) is 12.4 Å². The molecular formula is C21H23N3O. The van der Waals surface area contributed by atoms with Gasteiger partial charge in [-0.3, -0.25) is 4.98 Å². The maximum atomic E-state index is 5.96. The number of hydrogen-bond donors (Lipinski definition) is 0. The lowest BCUT2D eigenvalue weighted by molar-refractivity contribution is 0.282. The molecule has 0 radical (unpaired) electrons. The third-order valence-electron chi connectivity index (χ3n) is 4.75. The summed E-state index contributed by atoms with van der Waals surface area (Å²) in [6, 6.07) is 12.9. The fourth-order valence-corrected chi connectivity index (χ4v) is 3.43. The number of benzene rings is 2. The Morgan fingerprint density at radius 1 is 1.00 bits per heavy atom. The fraction of sp³-hybridized carbons (Fsp3) is 0.286. The van der Waals surface area contributed by atoms with Crippen molar-refractivity contribution in [1.29, 1.82) is 0 Å². The topological polar surface area (TPSA) is 30.3 Å². The minimum absolute atomic E-state index is 0.739. The van der Waals surface area contributed by atoms with Crippen LogP contribution in [0.15, 0.2) is 48.8 Å². The molecule has 4 heteroatoms. The molecule has 0 aliphatic rings.